The maximum atomic E-state index is 13.1. The minimum Gasteiger partial charge on any atom is -0.461 e. The first-order chi connectivity index (χ1) is 7.54. The lowest BCUT2D eigenvalue weighted by Gasteiger charge is -2.11. The van der Waals surface area contributed by atoms with E-state index in [-0.39, 0.29) is 16.8 Å². The van der Waals surface area contributed by atoms with Crippen molar-refractivity contribution in [3.8, 4) is 5.75 Å². The summed E-state index contributed by atoms with van der Waals surface area (Å²) < 4.78 is 35.1. The van der Waals surface area contributed by atoms with E-state index in [9.17, 15) is 13.6 Å². The molecule has 0 radical (unpaired) electrons. The number of carbonyl (C=O) groups is 1. The highest BCUT2D eigenvalue weighted by Gasteiger charge is 2.21. The molecule has 0 N–H and O–H groups in total. The van der Waals surface area contributed by atoms with E-state index >= 15 is 0 Å². The van der Waals surface area contributed by atoms with Gasteiger partial charge >= 0.3 is 12.3 Å². The van der Waals surface area contributed by atoms with E-state index in [2.05, 4.69) is 25.4 Å². The minimum absolute atomic E-state index is 0.0296. The van der Waals surface area contributed by atoms with Gasteiger partial charge in [0.25, 0.3) is 0 Å². The Hall–Kier alpha value is -1.17. The molecule has 0 aliphatic rings. The third-order valence-corrected chi connectivity index (χ3v) is 2.22. The quantitative estimate of drug-likeness (QED) is 0.801. The summed E-state index contributed by atoms with van der Waals surface area (Å²) in [4.78, 5) is 10.9. The number of hydrogen-bond donors (Lipinski definition) is 0. The Balaban J connectivity index is 2.69. The molecular formula is C10H9BrF2O3. The van der Waals surface area contributed by atoms with Crippen molar-refractivity contribution in [3.63, 3.8) is 0 Å². The molecule has 6 heteroatoms. The highest BCUT2D eigenvalue weighted by atomic mass is 79.9. The Labute approximate surface area is 99.5 Å². The van der Waals surface area contributed by atoms with Crippen LogP contribution in [0.2, 0.25) is 0 Å². The van der Waals surface area contributed by atoms with Gasteiger partial charge in [-0.15, -0.1) is 0 Å². The largest absolute Gasteiger partial charge is 0.461 e. The first-order valence-corrected chi connectivity index (χ1v) is 5.26. The molecule has 0 heterocycles. The van der Waals surface area contributed by atoms with E-state index in [0.717, 1.165) is 12.1 Å². The summed E-state index contributed by atoms with van der Waals surface area (Å²) in [7, 11) is 0. The van der Waals surface area contributed by atoms with Crippen LogP contribution in [0.1, 0.15) is 6.92 Å². The third kappa shape index (κ3) is 3.44. The maximum absolute atomic E-state index is 13.1. The first kappa shape index (κ1) is 12.9. The summed E-state index contributed by atoms with van der Waals surface area (Å²) in [5.74, 6) is -1.58. The first-order valence-electron chi connectivity index (χ1n) is 4.47. The van der Waals surface area contributed by atoms with E-state index in [1.807, 2.05) is 0 Å². The fourth-order valence-corrected chi connectivity index (χ4v) is 1.38. The lowest BCUT2D eigenvalue weighted by Crippen LogP contribution is -2.24. The number of carbonyl (C=O) groups excluding carboxylic acids is 1. The van der Waals surface area contributed by atoms with E-state index in [0.29, 0.717) is 0 Å². The summed E-state index contributed by atoms with van der Waals surface area (Å²) in [5, 5.41) is 0. The van der Waals surface area contributed by atoms with Gasteiger partial charge in [-0.3, -0.25) is 0 Å². The number of hydrogen-bond acceptors (Lipinski definition) is 3. The molecule has 3 nitrogen and oxygen atoms in total. The monoisotopic (exact) mass is 294 g/mol. The molecular weight excluding hydrogens is 286 g/mol. The Kier molecular flexibility index (Phi) is 4.67. The fraction of sp³-hybridized carbons (Fsp3) is 0.300. The van der Waals surface area contributed by atoms with E-state index in [4.69, 9.17) is 0 Å². The Bertz CT molecular complexity index is 384. The molecule has 1 aromatic carbocycles. The van der Waals surface area contributed by atoms with Crippen molar-refractivity contribution in [1.29, 1.82) is 0 Å². The summed E-state index contributed by atoms with van der Waals surface area (Å²) in [6, 6.07) is 3.41. The molecule has 0 aromatic heterocycles. The predicted octanol–water partition coefficient (Wildman–Crippen LogP) is 2.83. The van der Waals surface area contributed by atoms with Gasteiger partial charge in [0.1, 0.15) is 11.6 Å². The van der Waals surface area contributed by atoms with Crippen molar-refractivity contribution in [3.05, 3.63) is 28.5 Å². The van der Waals surface area contributed by atoms with Crippen LogP contribution < -0.4 is 4.74 Å². The van der Waals surface area contributed by atoms with Crippen LogP contribution in [-0.4, -0.2) is 18.9 Å². The van der Waals surface area contributed by atoms with Gasteiger partial charge in [0.15, 0.2) is 0 Å². The van der Waals surface area contributed by atoms with Gasteiger partial charge in [0.2, 0.25) is 0 Å². The summed E-state index contributed by atoms with van der Waals surface area (Å²) in [6.07, 6.45) is -2.22. The van der Waals surface area contributed by atoms with Crippen LogP contribution in [0.3, 0.4) is 0 Å². The molecule has 0 saturated carbocycles. The molecule has 0 spiro atoms. The van der Waals surface area contributed by atoms with Crippen LogP contribution in [0.25, 0.3) is 0 Å². The molecule has 1 unspecified atom stereocenters. The van der Waals surface area contributed by atoms with Crippen molar-refractivity contribution < 1.29 is 23.0 Å². The number of esters is 1. The molecule has 0 amide bonds. The second-order valence-electron chi connectivity index (χ2n) is 2.76. The van der Waals surface area contributed by atoms with Crippen LogP contribution in [0.4, 0.5) is 8.78 Å². The Morgan fingerprint density at radius 1 is 1.56 bits per heavy atom. The van der Waals surface area contributed by atoms with Crippen molar-refractivity contribution in [2.75, 3.05) is 6.61 Å². The second-order valence-corrected chi connectivity index (χ2v) is 3.62. The minimum atomic E-state index is -2.22. The van der Waals surface area contributed by atoms with Gasteiger partial charge in [0, 0.05) is 0 Å². The Morgan fingerprint density at radius 2 is 2.25 bits per heavy atom. The highest BCUT2D eigenvalue weighted by Crippen LogP contribution is 2.26. The third-order valence-electron chi connectivity index (χ3n) is 1.60. The van der Waals surface area contributed by atoms with Crippen LogP contribution in [0.15, 0.2) is 22.7 Å². The zero-order valence-corrected chi connectivity index (χ0v) is 9.96. The number of alkyl halides is 1. The van der Waals surface area contributed by atoms with Crippen LogP contribution in [0.5, 0.6) is 5.75 Å². The van der Waals surface area contributed by atoms with Crippen LogP contribution in [-0.2, 0) is 9.53 Å². The molecule has 0 fully saturated rings. The summed E-state index contributed by atoms with van der Waals surface area (Å²) in [6.45, 7) is 1.62. The molecule has 0 aliphatic heterocycles. The zero-order valence-electron chi connectivity index (χ0n) is 8.38. The number of benzene rings is 1. The normalized spacial score (nSPS) is 12.0. The second kappa shape index (κ2) is 5.79. The molecule has 0 aliphatic carbocycles. The van der Waals surface area contributed by atoms with E-state index in [1.165, 1.54) is 6.07 Å². The SMILES string of the molecule is CCOC(=O)C(F)Oc1ccc(F)cc1Br. The number of halogens is 3. The van der Waals surface area contributed by atoms with Gasteiger partial charge in [-0.25, -0.2) is 9.18 Å². The van der Waals surface area contributed by atoms with Crippen molar-refractivity contribution >= 4 is 21.9 Å². The molecule has 0 saturated heterocycles. The molecule has 0 bridgehead atoms. The summed E-state index contributed by atoms with van der Waals surface area (Å²) >= 11 is 2.98. The van der Waals surface area contributed by atoms with Gasteiger partial charge in [-0.2, -0.15) is 4.39 Å². The molecule has 88 valence electrons. The topological polar surface area (TPSA) is 35.5 Å². The molecule has 1 aromatic rings. The lowest BCUT2D eigenvalue weighted by molar-refractivity contribution is -0.159. The van der Waals surface area contributed by atoms with Crippen molar-refractivity contribution in [2.45, 2.75) is 13.3 Å². The summed E-state index contributed by atoms with van der Waals surface area (Å²) in [5.41, 5.74) is 0. The van der Waals surface area contributed by atoms with E-state index < -0.39 is 18.1 Å². The van der Waals surface area contributed by atoms with Crippen molar-refractivity contribution in [1.82, 2.24) is 0 Å². The van der Waals surface area contributed by atoms with Gasteiger partial charge in [-0.1, -0.05) is 0 Å². The Morgan fingerprint density at radius 3 is 2.81 bits per heavy atom. The standard InChI is InChI=1S/C10H9BrF2O3/c1-2-15-10(14)9(13)16-8-4-3-6(12)5-7(8)11/h3-5,9H,2H2,1H3. The van der Waals surface area contributed by atoms with Gasteiger partial charge in [-0.05, 0) is 41.1 Å². The molecule has 1 atom stereocenters. The predicted molar refractivity (Wildman–Crippen MR) is 56.3 cm³/mol. The fourth-order valence-electron chi connectivity index (χ4n) is 0.938. The number of ether oxygens (including phenoxy) is 2. The maximum Gasteiger partial charge on any atom is 0.381 e. The van der Waals surface area contributed by atoms with E-state index in [1.54, 1.807) is 6.92 Å². The highest BCUT2D eigenvalue weighted by molar-refractivity contribution is 9.10. The average Bonchev–Trinajstić information content (AvgIpc) is 2.22. The van der Waals surface area contributed by atoms with Crippen LogP contribution >= 0.6 is 15.9 Å². The zero-order chi connectivity index (χ0) is 12.1. The smallest absolute Gasteiger partial charge is 0.381 e. The number of rotatable bonds is 4. The molecule has 1 rings (SSSR count). The average molecular weight is 295 g/mol. The van der Waals surface area contributed by atoms with Crippen molar-refractivity contribution in [2.24, 2.45) is 0 Å². The van der Waals surface area contributed by atoms with Crippen LogP contribution in [0, 0.1) is 5.82 Å². The van der Waals surface area contributed by atoms with Gasteiger partial charge in [0.05, 0.1) is 11.1 Å². The van der Waals surface area contributed by atoms with Gasteiger partial charge < -0.3 is 9.47 Å². The lowest BCUT2D eigenvalue weighted by atomic mass is 10.3. The molecule has 16 heavy (non-hydrogen) atoms.